The molecule has 0 saturated carbocycles. The molecule has 1 rings (SSSR count). The quantitative estimate of drug-likeness (QED) is 0.652. The number of aryl methyl sites for hydroxylation is 1. The maximum atomic E-state index is 11.7. The van der Waals surface area contributed by atoms with Crippen molar-refractivity contribution >= 4 is 29.2 Å². The van der Waals surface area contributed by atoms with Crippen LogP contribution in [0.15, 0.2) is 5.38 Å². The number of carboxylic acid groups (broad SMARTS) is 1. The van der Waals surface area contributed by atoms with Gasteiger partial charge in [0, 0.05) is 11.1 Å². The molecule has 9 heteroatoms. The number of nitrogens with one attached hydrogen (secondary N) is 1. The molecule has 0 fully saturated rings. The highest BCUT2D eigenvalue weighted by molar-refractivity contribution is 7.09. The summed E-state index contributed by atoms with van der Waals surface area (Å²) < 4.78 is 0. The van der Waals surface area contributed by atoms with E-state index in [1.54, 1.807) is 0 Å². The van der Waals surface area contributed by atoms with E-state index in [1.807, 2.05) is 12.3 Å². The van der Waals surface area contributed by atoms with Crippen molar-refractivity contribution in [3.8, 4) is 0 Å². The zero-order chi connectivity index (χ0) is 14.4. The summed E-state index contributed by atoms with van der Waals surface area (Å²) in [6.07, 6.45) is 0. The number of urea groups is 1. The van der Waals surface area contributed by atoms with Crippen molar-refractivity contribution in [2.75, 3.05) is 13.1 Å². The van der Waals surface area contributed by atoms with Crippen molar-refractivity contribution in [3.05, 3.63) is 16.1 Å². The van der Waals surface area contributed by atoms with Crippen LogP contribution in [0.2, 0.25) is 0 Å². The van der Waals surface area contributed by atoms with Crippen molar-refractivity contribution in [2.24, 2.45) is 5.73 Å². The zero-order valence-corrected chi connectivity index (χ0v) is 11.1. The van der Waals surface area contributed by atoms with Gasteiger partial charge in [0.05, 0.1) is 6.54 Å². The first kappa shape index (κ1) is 14.9. The Labute approximate surface area is 113 Å². The number of rotatable bonds is 6. The molecule has 4 N–H and O–H groups in total. The average molecular weight is 286 g/mol. The van der Waals surface area contributed by atoms with E-state index in [2.05, 4.69) is 10.3 Å². The monoisotopic (exact) mass is 286 g/mol. The van der Waals surface area contributed by atoms with Gasteiger partial charge in [-0.25, -0.2) is 9.78 Å². The van der Waals surface area contributed by atoms with E-state index in [1.165, 1.54) is 11.3 Å². The van der Waals surface area contributed by atoms with Gasteiger partial charge in [-0.3, -0.25) is 9.59 Å². The lowest BCUT2D eigenvalue weighted by molar-refractivity contribution is -0.137. The van der Waals surface area contributed by atoms with E-state index in [-0.39, 0.29) is 6.54 Å². The van der Waals surface area contributed by atoms with Gasteiger partial charge in [-0.2, -0.15) is 0 Å². The van der Waals surface area contributed by atoms with Gasteiger partial charge in [-0.15, -0.1) is 11.3 Å². The predicted molar refractivity (Wildman–Crippen MR) is 67.5 cm³/mol. The highest BCUT2D eigenvalue weighted by Gasteiger charge is 2.18. The van der Waals surface area contributed by atoms with E-state index >= 15 is 0 Å². The minimum atomic E-state index is -1.22. The van der Waals surface area contributed by atoms with Crippen LogP contribution in [0.4, 0.5) is 4.79 Å². The van der Waals surface area contributed by atoms with Crippen molar-refractivity contribution in [1.82, 2.24) is 15.2 Å². The SMILES string of the molecule is Cc1csc(CNC(=O)N(CC(N)=O)CC(=O)O)n1. The molecule has 0 saturated heterocycles. The van der Waals surface area contributed by atoms with Gasteiger partial charge in [0.25, 0.3) is 0 Å². The maximum absolute atomic E-state index is 11.7. The van der Waals surface area contributed by atoms with Crippen molar-refractivity contribution < 1.29 is 19.5 Å². The number of carbonyl (C=O) groups excluding carboxylic acids is 2. The summed E-state index contributed by atoms with van der Waals surface area (Å²) in [6, 6.07) is -0.672. The minimum Gasteiger partial charge on any atom is -0.480 e. The van der Waals surface area contributed by atoms with Crippen LogP contribution >= 0.6 is 11.3 Å². The Bertz CT molecular complexity index is 472. The normalized spacial score (nSPS) is 9.95. The topological polar surface area (TPSA) is 126 Å². The Morgan fingerprint density at radius 2 is 2.16 bits per heavy atom. The second kappa shape index (κ2) is 6.69. The Kier molecular flexibility index (Phi) is 5.24. The Balaban J connectivity index is 2.55. The van der Waals surface area contributed by atoms with E-state index in [9.17, 15) is 14.4 Å². The predicted octanol–water partition coefficient (Wildman–Crippen LogP) is -0.467. The van der Waals surface area contributed by atoms with E-state index < -0.39 is 31.0 Å². The van der Waals surface area contributed by atoms with E-state index in [4.69, 9.17) is 10.8 Å². The molecule has 8 nitrogen and oxygen atoms in total. The van der Waals surface area contributed by atoms with Gasteiger partial charge < -0.3 is 21.1 Å². The van der Waals surface area contributed by atoms with Gasteiger partial charge in [-0.1, -0.05) is 0 Å². The Morgan fingerprint density at radius 1 is 1.47 bits per heavy atom. The molecular weight excluding hydrogens is 272 g/mol. The van der Waals surface area contributed by atoms with Gasteiger partial charge in [0.1, 0.15) is 18.1 Å². The van der Waals surface area contributed by atoms with E-state index in [0.29, 0.717) is 5.01 Å². The standard InChI is InChI=1S/C10H14N4O4S/c1-6-5-19-8(13-6)2-12-10(18)14(3-7(11)15)4-9(16)17/h5H,2-4H2,1H3,(H2,11,15)(H,12,18)(H,16,17). The van der Waals surface area contributed by atoms with Crippen LogP contribution in [-0.2, 0) is 16.1 Å². The smallest absolute Gasteiger partial charge is 0.323 e. The number of nitrogens with zero attached hydrogens (tertiary/aromatic N) is 2. The summed E-state index contributed by atoms with van der Waals surface area (Å²) in [7, 11) is 0. The van der Waals surface area contributed by atoms with Crippen LogP contribution in [0.3, 0.4) is 0 Å². The minimum absolute atomic E-state index is 0.173. The van der Waals surface area contributed by atoms with Gasteiger partial charge >= 0.3 is 12.0 Å². The number of primary amides is 1. The molecule has 0 aliphatic rings. The van der Waals surface area contributed by atoms with Gasteiger partial charge in [-0.05, 0) is 6.92 Å². The number of thiazole rings is 1. The second-order valence-electron chi connectivity index (χ2n) is 3.76. The second-order valence-corrected chi connectivity index (χ2v) is 4.70. The van der Waals surface area contributed by atoms with Crippen LogP contribution in [-0.4, -0.2) is 46.0 Å². The first-order chi connectivity index (χ1) is 8.88. The third-order valence-corrected chi connectivity index (χ3v) is 2.98. The Hall–Kier alpha value is -2.16. The van der Waals surface area contributed by atoms with Crippen molar-refractivity contribution in [1.29, 1.82) is 0 Å². The fourth-order valence-electron chi connectivity index (χ4n) is 1.30. The van der Waals surface area contributed by atoms with Crippen LogP contribution in [0.5, 0.6) is 0 Å². The summed E-state index contributed by atoms with van der Waals surface area (Å²) in [6.45, 7) is 0.957. The van der Waals surface area contributed by atoms with Crippen LogP contribution in [0.1, 0.15) is 10.7 Å². The third-order valence-electron chi connectivity index (χ3n) is 2.02. The molecule has 0 aromatic carbocycles. The fraction of sp³-hybridized carbons (Fsp3) is 0.400. The van der Waals surface area contributed by atoms with Gasteiger partial charge in [0.15, 0.2) is 0 Å². The number of carbonyl (C=O) groups is 3. The number of aromatic nitrogens is 1. The summed E-state index contributed by atoms with van der Waals surface area (Å²) >= 11 is 1.38. The molecule has 0 spiro atoms. The lowest BCUT2D eigenvalue weighted by Crippen LogP contribution is -2.46. The fourth-order valence-corrected chi connectivity index (χ4v) is 2.01. The lowest BCUT2D eigenvalue weighted by atomic mass is 10.4. The van der Waals surface area contributed by atoms with Crippen LogP contribution in [0, 0.1) is 6.92 Å². The summed E-state index contributed by atoms with van der Waals surface area (Å²) in [5.41, 5.74) is 5.80. The highest BCUT2D eigenvalue weighted by Crippen LogP contribution is 2.07. The number of hydrogen-bond acceptors (Lipinski definition) is 5. The molecule has 104 valence electrons. The summed E-state index contributed by atoms with van der Waals surface area (Å²) in [5.74, 6) is -2.00. The molecule has 19 heavy (non-hydrogen) atoms. The van der Waals surface area contributed by atoms with Crippen LogP contribution < -0.4 is 11.1 Å². The number of aliphatic carboxylic acids is 1. The molecule has 0 radical (unpaired) electrons. The lowest BCUT2D eigenvalue weighted by Gasteiger charge is -2.19. The third kappa shape index (κ3) is 5.34. The highest BCUT2D eigenvalue weighted by atomic mass is 32.1. The molecule has 3 amide bonds. The molecular formula is C10H14N4O4S. The average Bonchev–Trinajstić information content (AvgIpc) is 2.70. The molecule has 0 aliphatic carbocycles. The molecule has 0 atom stereocenters. The molecule has 1 aromatic rings. The number of amides is 3. The maximum Gasteiger partial charge on any atom is 0.323 e. The Morgan fingerprint density at radius 3 is 2.63 bits per heavy atom. The van der Waals surface area contributed by atoms with Crippen LogP contribution in [0.25, 0.3) is 0 Å². The van der Waals surface area contributed by atoms with Gasteiger partial charge in [0.2, 0.25) is 5.91 Å². The molecule has 0 bridgehead atoms. The first-order valence-corrected chi connectivity index (χ1v) is 6.20. The molecule has 1 heterocycles. The molecule has 1 aromatic heterocycles. The first-order valence-electron chi connectivity index (χ1n) is 5.32. The van der Waals surface area contributed by atoms with Crippen molar-refractivity contribution in [2.45, 2.75) is 13.5 Å². The molecule has 0 unspecified atom stereocenters. The summed E-state index contributed by atoms with van der Waals surface area (Å²) in [4.78, 5) is 38.0. The summed E-state index contributed by atoms with van der Waals surface area (Å²) in [5, 5.41) is 13.7. The van der Waals surface area contributed by atoms with Crippen molar-refractivity contribution in [3.63, 3.8) is 0 Å². The molecule has 0 aliphatic heterocycles. The number of hydrogen-bond donors (Lipinski definition) is 3. The number of carboxylic acids is 1. The van der Waals surface area contributed by atoms with E-state index in [0.717, 1.165) is 10.6 Å². The zero-order valence-electron chi connectivity index (χ0n) is 10.3. The largest absolute Gasteiger partial charge is 0.480 e. The number of nitrogens with two attached hydrogens (primary N) is 1.